The molecule has 1 aromatic heterocycles. The summed E-state index contributed by atoms with van der Waals surface area (Å²) in [5.74, 6) is 0.882. The van der Waals surface area contributed by atoms with Gasteiger partial charge in [0.15, 0.2) is 0 Å². The highest BCUT2D eigenvalue weighted by atomic mass is 16.5. The molecule has 0 aliphatic heterocycles. The molecule has 0 bridgehead atoms. The van der Waals surface area contributed by atoms with Gasteiger partial charge in [0.1, 0.15) is 12.4 Å². The number of benzene rings is 2. The van der Waals surface area contributed by atoms with Gasteiger partial charge in [-0.15, -0.1) is 0 Å². The Kier molecular flexibility index (Phi) is 2.88. The second-order valence-corrected chi connectivity index (χ2v) is 4.61. The van der Waals surface area contributed by atoms with E-state index in [1.807, 2.05) is 55.6 Å². The highest BCUT2D eigenvalue weighted by Crippen LogP contribution is 2.22. The summed E-state index contributed by atoms with van der Waals surface area (Å²) < 4.78 is 7.90. The van der Waals surface area contributed by atoms with Crippen molar-refractivity contribution < 1.29 is 4.74 Å². The van der Waals surface area contributed by atoms with Gasteiger partial charge in [0.2, 0.25) is 0 Å². The second kappa shape index (κ2) is 4.69. The van der Waals surface area contributed by atoms with Crippen LogP contribution in [0.15, 0.2) is 54.6 Å². The largest absolute Gasteiger partial charge is 0.487 e. The number of nitrogen functional groups attached to an aromatic ring is 1. The highest BCUT2D eigenvalue weighted by molar-refractivity contribution is 5.84. The lowest BCUT2D eigenvalue weighted by Gasteiger charge is -2.07. The van der Waals surface area contributed by atoms with Crippen LogP contribution < -0.4 is 10.5 Å². The van der Waals surface area contributed by atoms with Gasteiger partial charge in [0.05, 0.1) is 11.2 Å². The number of aromatic nitrogens is 1. The number of aryl methyl sites for hydroxylation is 1. The number of nitrogens with two attached hydrogens (primary N) is 1. The van der Waals surface area contributed by atoms with Crippen LogP contribution >= 0.6 is 0 Å². The lowest BCUT2D eigenvalue weighted by atomic mass is 10.2. The molecule has 0 aliphatic carbocycles. The quantitative estimate of drug-likeness (QED) is 0.726. The Morgan fingerprint density at radius 1 is 1.05 bits per heavy atom. The molecule has 0 saturated carbocycles. The summed E-state index contributed by atoms with van der Waals surface area (Å²) in [5, 5.41) is 1.18. The van der Waals surface area contributed by atoms with E-state index in [1.165, 1.54) is 5.39 Å². The Bertz CT molecular complexity index is 701. The number of anilines is 1. The SMILES string of the molecule is Cn1c(COc2ccccc2)cc2ccc(N)cc21. The first-order valence-electron chi connectivity index (χ1n) is 6.26. The zero-order valence-corrected chi connectivity index (χ0v) is 10.8. The summed E-state index contributed by atoms with van der Waals surface area (Å²) in [5.41, 5.74) is 8.86. The average Bonchev–Trinajstić information content (AvgIpc) is 2.74. The molecule has 0 amide bonds. The van der Waals surface area contributed by atoms with Crippen molar-refractivity contribution in [2.75, 3.05) is 5.73 Å². The third-order valence-corrected chi connectivity index (χ3v) is 3.30. The first-order valence-corrected chi connectivity index (χ1v) is 6.26. The second-order valence-electron chi connectivity index (χ2n) is 4.61. The molecule has 0 saturated heterocycles. The molecule has 0 atom stereocenters. The van der Waals surface area contributed by atoms with E-state index in [9.17, 15) is 0 Å². The maximum Gasteiger partial charge on any atom is 0.128 e. The van der Waals surface area contributed by atoms with Crippen molar-refractivity contribution in [1.29, 1.82) is 0 Å². The van der Waals surface area contributed by atoms with Gasteiger partial charge in [0.25, 0.3) is 0 Å². The monoisotopic (exact) mass is 252 g/mol. The fraction of sp³-hybridized carbons (Fsp3) is 0.125. The summed E-state index contributed by atoms with van der Waals surface area (Å²) in [7, 11) is 2.03. The summed E-state index contributed by atoms with van der Waals surface area (Å²) in [6.45, 7) is 0.551. The number of para-hydroxylation sites is 1. The minimum atomic E-state index is 0.551. The van der Waals surface area contributed by atoms with Crippen LogP contribution in [0.3, 0.4) is 0 Å². The maximum absolute atomic E-state index is 5.82. The van der Waals surface area contributed by atoms with Crippen molar-refractivity contribution in [2.45, 2.75) is 6.61 Å². The van der Waals surface area contributed by atoms with Gasteiger partial charge in [-0.2, -0.15) is 0 Å². The molecule has 0 fully saturated rings. The minimum Gasteiger partial charge on any atom is -0.487 e. The fourth-order valence-corrected chi connectivity index (χ4v) is 2.22. The van der Waals surface area contributed by atoms with E-state index >= 15 is 0 Å². The van der Waals surface area contributed by atoms with E-state index < -0.39 is 0 Å². The number of ether oxygens (including phenoxy) is 1. The van der Waals surface area contributed by atoms with E-state index in [4.69, 9.17) is 10.5 Å². The van der Waals surface area contributed by atoms with Crippen molar-refractivity contribution in [2.24, 2.45) is 7.05 Å². The van der Waals surface area contributed by atoms with Crippen LogP contribution in [-0.4, -0.2) is 4.57 Å². The van der Waals surface area contributed by atoms with Crippen molar-refractivity contribution in [3.8, 4) is 5.75 Å². The predicted molar refractivity (Wildman–Crippen MR) is 78.1 cm³/mol. The van der Waals surface area contributed by atoms with Gasteiger partial charge in [0, 0.05) is 18.1 Å². The van der Waals surface area contributed by atoms with Gasteiger partial charge in [-0.3, -0.25) is 0 Å². The molecule has 3 aromatic rings. The number of nitrogens with zero attached hydrogens (tertiary/aromatic N) is 1. The molecule has 0 aliphatic rings. The van der Waals surface area contributed by atoms with Gasteiger partial charge < -0.3 is 15.0 Å². The van der Waals surface area contributed by atoms with Crippen LogP contribution in [0.4, 0.5) is 5.69 Å². The van der Waals surface area contributed by atoms with Crippen molar-refractivity contribution in [1.82, 2.24) is 4.57 Å². The molecule has 1 heterocycles. The summed E-state index contributed by atoms with van der Waals surface area (Å²) in [6, 6.07) is 17.9. The topological polar surface area (TPSA) is 40.2 Å². The fourth-order valence-electron chi connectivity index (χ4n) is 2.22. The number of rotatable bonds is 3. The van der Waals surface area contributed by atoms with E-state index in [1.54, 1.807) is 0 Å². The van der Waals surface area contributed by atoms with Crippen molar-refractivity contribution in [3.63, 3.8) is 0 Å². The molecule has 3 rings (SSSR count). The Morgan fingerprint density at radius 2 is 1.84 bits per heavy atom. The highest BCUT2D eigenvalue weighted by Gasteiger charge is 2.06. The Labute approximate surface area is 112 Å². The Morgan fingerprint density at radius 3 is 2.63 bits per heavy atom. The molecule has 0 radical (unpaired) electrons. The van der Waals surface area contributed by atoms with Crippen molar-refractivity contribution >= 4 is 16.6 Å². The molecule has 3 heteroatoms. The van der Waals surface area contributed by atoms with E-state index in [2.05, 4.69) is 10.6 Å². The average molecular weight is 252 g/mol. The summed E-state index contributed by atoms with van der Waals surface area (Å²) in [6.07, 6.45) is 0. The zero-order chi connectivity index (χ0) is 13.2. The van der Waals surface area contributed by atoms with E-state index in [-0.39, 0.29) is 0 Å². The standard InChI is InChI=1S/C16H16N2O/c1-18-14(11-19-15-5-3-2-4-6-15)9-12-7-8-13(17)10-16(12)18/h2-10H,11,17H2,1H3. The van der Waals surface area contributed by atoms with Crippen LogP contribution in [0.1, 0.15) is 5.69 Å². The lowest BCUT2D eigenvalue weighted by molar-refractivity contribution is 0.298. The van der Waals surface area contributed by atoms with Gasteiger partial charge in [-0.25, -0.2) is 0 Å². The van der Waals surface area contributed by atoms with Crippen LogP contribution in [0.2, 0.25) is 0 Å². The third-order valence-electron chi connectivity index (χ3n) is 3.30. The molecule has 2 N–H and O–H groups in total. The normalized spacial score (nSPS) is 10.8. The van der Waals surface area contributed by atoms with Crippen LogP contribution in [0.5, 0.6) is 5.75 Å². The van der Waals surface area contributed by atoms with Crippen LogP contribution in [0, 0.1) is 0 Å². The van der Waals surface area contributed by atoms with Crippen LogP contribution in [-0.2, 0) is 13.7 Å². The van der Waals surface area contributed by atoms with E-state index in [0.29, 0.717) is 6.61 Å². The Balaban J connectivity index is 1.87. The first kappa shape index (κ1) is 11.7. The molecule has 0 spiro atoms. The van der Waals surface area contributed by atoms with E-state index in [0.717, 1.165) is 22.6 Å². The number of fused-ring (bicyclic) bond motifs is 1. The first-order chi connectivity index (χ1) is 9.24. The van der Waals surface area contributed by atoms with Gasteiger partial charge in [-0.1, -0.05) is 24.3 Å². The predicted octanol–water partition coefficient (Wildman–Crippen LogP) is 3.34. The smallest absolute Gasteiger partial charge is 0.128 e. The minimum absolute atomic E-state index is 0.551. The molecular formula is C16H16N2O. The zero-order valence-electron chi connectivity index (χ0n) is 10.8. The summed E-state index contributed by atoms with van der Waals surface area (Å²) in [4.78, 5) is 0. The Hall–Kier alpha value is -2.42. The van der Waals surface area contributed by atoms with Crippen LogP contribution in [0.25, 0.3) is 10.9 Å². The van der Waals surface area contributed by atoms with Crippen molar-refractivity contribution in [3.05, 3.63) is 60.3 Å². The molecule has 96 valence electrons. The third kappa shape index (κ3) is 2.27. The molecule has 19 heavy (non-hydrogen) atoms. The molecular weight excluding hydrogens is 236 g/mol. The van der Waals surface area contributed by atoms with Gasteiger partial charge in [-0.05, 0) is 30.3 Å². The molecule has 0 unspecified atom stereocenters. The molecule has 2 aromatic carbocycles. The summed E-state index contributed by atoms with van der Waals surface area (Å²) >= 11 is 0. The number of hydrogen-bond donors (Lipinski definition) is 1. The lowest BCUT2D eigenvalue weighted by Crippen LogP contribution is -2.01. The number of hydrogen-bond acceptors (Lipinski definition) is 2. The molecule has 3 nitrogen and oxygen atoms in total. The van der Waals surface area contributed by atoms with Gasteiger partial charge >= 0.3 is 0 Å². The maximum atomic E-state index is 5.82.